The zero-order chi connectivity index (χ0) is 6.69. The smallest absolute Gasteiger partial charge is 0.158 e. The van der Waals surface area contributed by atoms with Gasteiger partial charge in [0, 0.05) is 6.42 Å². The first-order chi connectivity index (χ1) is 4.34. The van der Waals surface area contributed by atoms with Gasteiger partial charge in [0.05, 0.1) is 0 Å². The Bertz CT molecular complexity index is 145. The molecule has 1 nitrogen and oxygen atoms in total. The third-order valence-electron chi connectivity index (χ3n) is 1.64. The van der Waals surface area contributed by atoms with Crippen molar-refractivity contribution < 1.29 is 4.79 Å². The number of allylic oxidation sites excluding steroid dienone is 2. The summed E-state index contributed by atoms with van der Waals surface area (Å²) >= 11 is 0. The van der Waals surface area contributed by atoms with Gasteiger partial charge in [-0.05, 0) is 18.4 Å². The van der Waals surface area contributed by atoms with Gasteiger partial charge >= 0.3 is 0 Å². The molecule has 1 aliphatic carbocycles. The van der Waals surface area contributed by atoms with Gasteiger partial charge in [-0.25, -0.2) is 0 Å². The lowest BCUT2D eigenvalue weighted by molar-refractivity contribution is -0.115. The monoisotopic (exact) mass is 124 g/mol. The molecule has 0 aromatic rings. The average Bonchev–Trinajstić information content (AvgIpc) is 2.18. The Labute approximate surface area is 55.8 Å². The van der Waals surface area contributed by atoms with E-state index < -0.39 is 0 Å². The van der Waals surface area contributed by atoms with Gasteiger partial charge in [-0.1, -0.05) is 19.4 Å². The molecule has 0 atom stereocenters. The number of hydrogen-bond acceptors (Lipinski definition) is 1. The van der Waals surface area contributed by atoms with Gasteiger partial charge < -0.3 is 0 Å². The van der Waals surface area contributed by atoms with Crippen LogP contribution < -0.4 is 0 Å². The van der Waals surface area contributed by atoms with Gasteiger partial charge in [0.25, 0.3) is 0 Å². The molecule has 1 aliphatic rings. The van der Waals surface area contributed by atoms with Crippen LogP contribution in [0.15, 0.2) is 11.6 Å². The van der Waals surface area contributed by atoms with Crippen LogP contribution in [-0.2, 0) is 4.79 Å². The van der Waals surface area contributed by atoms with E-state index in [-0.39, 0.29) is 0 Å². The van der Waals surface area contributed by atoms with E-state index in [1.165, 1.54) is 0 Å². The first-order valence-electron chi connectivity index (χ1n) is 3.57. The first kappa shape index (κ1) is 6.53. The van der Waals surface area contributed by atoms with Crippen LogP contribution in [0.1, 0.15) is 32.6 Å². The quantitative estimate of drug-likeness (QED) is 0.550. The van der Waals surface area contributed by atoms with Gasteiger partial charge in [0.15, 0.2) is 5.78 Å². The van der Waals surface area contributed by atoms with E-state index in [4.69, 9.17) is 0 Å². The summed E-state index contributed by atoms with van der Waals surface area (Å²) in [7, 11) is 0. The summed E-state index contributed by atoms with van der Waals surface area (Å²) < 4.78 is 0. The fraction of sp³-hybridized carbons (Fsp3) is 0.625. The van der Waals surface area contributed by atoms with E-state index in [0.29, 0.717) is 5.78 Å². The Morgan fingerprint density at radius 2 is 2.44 bits per heavy atom. The highest BCUT2D eigenvalue weighted by atomic mass is 16.1. The van der Waals surface area contributed by atoms with Crippen LogP contribution in [-0.4, -0.2) is 5.78 Å². The van der Waals surface area contributed by atoms with Gasteiger partial charge in [-0.3, -0.25) is 4.79 Å². The molecule has 0 heterocycles. The Morgan fingerprint density at radius 1 is 1.67 bits per heavy atom. The van der Waals surface area contributed by atoms with Crippen molar-refractivity contribution in [3.05, 3.63) is 11.6 Å². The van der Waals surface area contributed by atoms with Crippen LogP contribution >= 0.6 is 0 Å². The molecule has 0 radical (unpaired) electrons. The summed E-state index contributed by atoms with van der Waals surface area (Å²) in [6.07, 6.45) is 5.89. The van der Waals surface area contributed by atoms with Crippen molar-refractivity contribution in [1.29, 1.82) is 0 Å². The molecule has 0 bridgehead atoms. The summed E-state index contributed by atoms with van der Waals surface area (Å²) in [6.45, 7) is 2.10. The molecule has 0 unspecified atom stereocenters. The van der Waals surface area contributed by atoms with Crippen molar-refractivity contribution in [2.24, 2.45) is 0 Å². The topological polar surface area (TPSA) is 17.1 Å². The van der Waals surface area contributed by atoms with E-state index in [1.807, 2.05) is 0 Å². The second kappa shape index (κ2) is 2.81. The highest BCUT2D eigenvalue weighted by Gasteiger charge is 2.12. The van der Waals surface area contributed by atoms with Crippen LogP contribution in [0.3, 0.4) is 0 Å². The number of ketones is 1. The lowest BCUT2D eigenvalue weighted by Gasteiger charge is -1.93. The molecule has 1 heteroatoms. The highest BCUT2D eigenvalue weighted by molar-refractivity contribution is 5.97. The summed E-state index contributed by atoms with van der Waals surface area (Å²) in [5.41, 5.74) is 1.07. The van der Waals surface area contributed by atoms with Gasteiger partial charge in [0.1, 0.15) is 0 Å². The normalized spacial score (nSPS) is 18.3. The molecule has 0 saturated heterocycles. The zero-order valence-corrected chi connectivity index (χ0v) is 5.81. The largest absolute Gasteiger partial charge is 0.295 e. The lowest BCUT2D eigenvalue weighted by Crippen LogP contribution is -1.93. The molecule has 0 fully saturated rings. The molecule has 0 aromatic carbocycles. The van der Waals surface area contributed by atoms with Crippen molar-refractivity contribution in [3.63, 3.8) is 0 Å². The molecule has 0 spiro atoms. The van der Waals surface area contributed by atoms with E-state index in [1.54, 1.807) is 0 Å². The standard InChI is InChI=1S/C8H12O/c1-2-4-7-5-3-6-8(7)9/h5H,2-4,6H2,1H3. The Kier molecular flexibility index (Phi) is 2.04. The molecule has 0 N–H and O–H groups in total. The second-order valence-corrected chi connectivity index (χ2v) is 2.44. The van der Waals surface area contributed by atoms with Crippen molar-refractivity contribution in [2.75, 3.05) is 0 Å². The number of hydrogen-bond donors (Lipinski definition) is 0. The van der Waals surface area contributed by atoms with Gasteiger partial charge in [-0.2, -0.15) is 0 Å². The van der Waals surface area contributed by atoms with Crippen LogP contribution in [0.25, 0.3) is 0 Å². The minimum absolute atomic E-state index is 0.372. The van der Waals surface area contributed by atoms with Crippen LogP contribution in [0.5, 0.6) is 0 Å². The van der Waals surface area contributed by atoms with E-state index >= 15 is 0 Å². The minimum Gasteiger partial charge on any atom is -0.295 e. The fourth-order valence-corrected chi connectivity index (χ4v) is 1.16. The van der Waals surface area contributed by atoms with Crippen molar-refractivity contribution in [2.45, 2.75) is 32.6 Å². The first-order valence-corrected chi connectivity index (χ1v) is 3.57. The summed E-state index contributed by atoms with van der Waals surface area (Å²) in [4.78, 5) is 10.9. The predicted octanol–water partition coefficient (Wildman–Crippen LogP) is 2.08. The molecular weight excluding hydrogens is 112 g/mol. The summed E-state index contributed by atoms with van der Waals surface area (Å²) in [6, 6.07) is 0. The third-order valence-corrected chi connectivity index (χ3v) is 1.64. The summed E-state index contributed by atoms with van der Waals surface area (Å²) in [5, 5.41) is 0. The molecule has 0 amide bonds. The fourth-order valence-electron chi connectivity index (χ4n) is 1.16. The number of carbonyl (C=O) groups excluding carboxylic acids is 1. The molecule has 0 aliphatic heterocycles. The Balaban J connectivity index is 2.47. The molecule has 0 saturated carbocycles. The molecule has 1 rings (SSSR count). The molecular formula is C8H12O. The van der Waals surface area contributed by atoms with Crippen molar-refractivity contribution in [1.82, 2.24) is 0 Å². The van der Waals surface area contributed by atoms with E-state index in [2.05, 4.69) is 13.0 Å². The predicted molar refractivity (Wildman–Crippen MR) is 37.2 cm³/mol. The maximum absolute atomic E-state index is 10.9. The zero-order valence-electron chi connectivity index (χ0n) is 5.81. The Hall–Kier alpha value is -0.590. The van der Waals surface area contributed by atoms with Gasteiger partial charge in [0.2, 0.25) is 0 Å². The van der Waals surface area contributed by atoms with Crippen LogP contribution in [0, 0.1) is 0 Å². The van der Waals surface area contributed by atoms with E-state index in [9.17, 15) is 4.79 Å². The Morgan fingerprint density at radius 3 is 2.89 bits per heavy atom. The second-order valence-electron chi connectivity index (χ2n) is 2.44. The van der Waals surface area contributed by atoms with Crippen LogP contribution in [0.4, 0.5) is 0 Å². The lowest BCUT2D eigenvalue weighted by atomic mass is 10.1. The number of Topliss-reactive ketones (excluding diaryl/α,β-unsaturated/α-hetero) is 1. The molecule has 9 heavy (non-hydrogen) atoms. The highest BCUT2D eigenvalue weighted by Crippen LogP contribution is 2.17. The minimum atomic E-state index is 0.372. The van der Waals surface area contributed by atoms with Crippen molar-refractivity contribution in [3.8, 4) is 0 Å². The number of carbonyl (C=O) groups is 1. The average molecular weight is 124 g/mol. The van der Waals surface area contributed by atoms with Crippen LogP contribution in [0.2, 0.25) is 0 Å². The molecule has 50 valence electrons. The van der Waals surface area contributed by atoms with E-state index in [0.717, 1.165) is 31.3 Å². The maximum atomic E-state index is 10.9. The third kappa shape index (κ3) is 1.41. The maximum Gasteiger partial charge on any atom is 0.158 e. The molecule has 0 aromatic heterocycles. The SMILES string of the molecule is CCCC1=CCCC1=O. The summed E-state index contributed by atoms with van der Waals surface area (Å²) in [5.74, 6) is 0.372. The van der Waals surface area contributed by atoms with Gasteiger partial charge in [-0.15, -0.1) is 0 Å². The van der Waals surface area contributed by atoms with Crippen molar-refractivity contribution >= 4 is 5.78 Å². The number of rotatable bonds is 2.